The van der Waals surface area contributed by atoms with Crippen molar-refractivity contribution in [1.29, 1.82) is 0 Å². The molecular weight excluding hydrogens is 671 g/mol. The van der Waals surface area contributed by atoms with Crippen molar-refractivity contribution in [1.82, 2.24) is 19.8 Å². The van der Waals surface area contributed by atoms with Crippen molar-refractivity contribution in [3.63, 3.8) is 0 Å². The van der Waals surface area contributed by atoms with Crippen LogP contribution in [0, 0.1) is 0 Å². The Balaban J connectivity index is 0.959. The van der Waals surface area contributed by atoms with E-state index < -0.39 is 0 Å². The molecule has 0 unspecified atom stereocenters. The zero-order valence-corrected chi connectivity index (χ0v) is 29.5. The van der Waals surface area contributed by atoms with E-state index >= 15 is 0 Å². The smallest absolute Gasteiger partial charge is 0.253 e. The minimum Gasteiger partial charge on any atom is -0.367 e. The fourth-order valence-corrected chi connectivity index (χ4v) is 7.97. The van der Waals surface area contributed by atoms with Crippen molar-refractivity contribution in [2.24, 2.45) is 0 Å². The molecule has 250 valence electrons. The van der Waals surface area contributed by atoms with Crippen LogP contribution in [0.3, 0.4) is 0 Å². The SMILES string of the molecule is O=C(c1cccc(CSc2nc(Cl)cc(N3CCN(c4ccccc4Cl)CC3)n2)c1)N1CCN(C(c2ccccc2)c2ccccc2)CC1. The molecule has 5 aromatic rings. The molecule has 0 radical (unpaired) electrons. The third-order valence-electron chi connectivity index (χ3n) is 9.20. The third kappa shape index (κ3) is 8.05. The van der Waals surface area contributed by atoms with Gasteiger partial charge in [-0.25, -0.2) is 9.97 Å². The first-order valence-corrected chi connectivity index (χ1v) is 18.4. The van der Waals surface area contributed by atoms with Crippen LogP contribution in [0.4, 0.5) is 11.5 Å². The number of carbonyl (C=O) groups excluding carboxylic acids is 1. The predicted octanol–water partition coefficient (Wildman–Crippen LogP) is 7.95. The number of piperazine rings is 2. The molecule has 10 heteroatoms. The van der Waals surface area contributed by atoms with Crippen molar-refractivity contribution in [2.45, 2.75) is 17.0 Å². The van der Waals surface area contributed by atoms with Crippen LogP contribution < -0.4 is 9.80 Å². The number of rotatable bonds is 9. The highest BCUT2D eigenvalue weighted by atomic mass is 35.5. The maximum absolute atomic E-state index is 13.7. The van der Waals surface area contributed by atoms with E-state index in [9.17, 15) is 4.79 Å². The Kier molecular flexibility index (Phi) is 10.7. The third-order valence-corrected chi connectivity index (χ3v) is 10.6. The molecule has 7 rings (SSSR count). The maximum Gasteiger partial charge on any atom is 0.253 e. The molecule has 2 aliphatic rings. The number of carbonyl (C=O) groups is 1. The van der Waals surface area contributed by atoms with Gasteiger partial charge in [0.15, 0.2) is 5.16 Å². The van der Waals surface area contributed by atoms with Crippen LogP contribution in [0.5, 0.6) is 0 Å². The van der Waals surface area contributed by atoms with E-state index in [-0.39, 0.29) is 11.9 Å². The van der Waals surface area contributed by atoms with E-state index in [1.807, 2.05) is 53.4 Å². The Morgan fingerprint density at radius 1 is 0.673 bits per heavy atom. The number of aromatic nitrogens is 2. The lowest BCUT2D eigenvalue weighted by Crippen LogP contribution is -2.49. The van der Waals surface area contributed by atoms with Gasteiger partial charge in [-0.05, 0) is 41.0 Å². The van der Waals surface area contributed by atoms with Gasteiger partial charge in [0.2, 0.25) is 0 Å². The number of nitrogens with zero attached hydrogens (tertiary/aromatic N) is 6. The van der Waals surface area contributed by atoms with Gasteiger partial charge in [-0.15, -0.1) is 0 Å². The Labute approximate surface area is 302 Å². The number of halogens is 2. The molecule has 1 amide bonds. The number of hydrogen-bond donors (Lipinski definition) is 0. The van der Waals surface area contributed by atoms with Crippen LogP contribution in [0.1, 0.15) is 33.1 Å². The average molecular weight is 710 g/mol. The summed E-state index contributed by atoms with van der Waals surface area (Å²) in [6.07, 6.45) is 0. The summed E-state index contributed by atoms with van der Waals surface area (Å²) >= 11 is 14.4. The molecule has 2 saturated heterocycles. The summed E-state index contributed by atoms with van der Waals surface area (Å²) in [4.78, 5) is 32.0. The van der Waals surface area contributed by atoms with Crippen molar-refractivity contribution in [3.8, 4) is 0 Å². The molecule has 0 atom stereocenters. The van der Waals surface area contributed by atoms with Crippen LogP contribution in [0.25, 0.3) is 0 Å². The quantitative estimate of drug-likeness (QED) is 0.0875. The molecule has 1 aromatic heterocycles. The highest BCUT2D eigenvalue weighted by molar-refractivity contribution is 7.98. The van der Waals surface area contributed by atoms with Crippen molar-refractivity contribution >= 4 is 52.4 Å². The summed E-state index contributed by atoms with van der Waals surface area (Å²) in [5.74, 6) is 1.52. The molecule has 7 nitrogen and oxygen atoms in total. The van der Waals surface area contributed by atoms with E-state index in [4.69, 9.17) is 28.2 Å². The molecule has 4 aromatic carbocycles. The van der Waals surface area contributed by atoms with Gasteiger partial charge < -0.3 is 14.7 Å². The Hall–Kier alpha value is -4.08. The lowest BCUT2D eigenvalue weighted by atomic mass is 9.96. The second kappa shape index (κ2) is 15.6. The topological polar surface area (TPSA) is 55.8 Å². The summed E-state index contributed by atoms with van der Waals surface area (Å²) in [6, 6.07) is 39.1. The maximum atomic E-state index is 13.7. The fourth-order valence-electron chi connectivity index (χ4n) is 6.69. The average Bonchev–Trinajstić information content (AvgIpc) is 3.15. The van der Waals surface area contributed by atoms with E-state index in [1.54, 1.807) is 0 Å². The zero-order chi connectivity index (χ0) is 33.6. The van der Waals surface area contributed by atoms with Crippen LogP contribution in [-0.2, 0) is 5.75 Å². The second-order valence-electron chi connectivity index (χ2n) is 12.3. The summed E-state index contributed by atoms with van der Waals surface area (Å²) in [5.41, 5.74) is 5.35. The van der Waals surface area contributed by atoms with Crippen molar-refractivity contribution in [2.75, 3.05) is 62.2 Å². The molecule has 0 aliphatic carbocycles. The largest absolute Gasteiger partial charge is 0.367 e. The number of anilines is 2. The van der Waals surface area contributed by atoms with Gasteiger partial charge >= 0.3 is 0 Å². The first-order chi connectivity index (χ1) is 24.0. The number of thioether (sulfide) groups is 1. The molecule has 0 spiro atoms. The van der Waals surface area contributed by atoms with Gasteiger partial charge in [0.25, 0.3) is 5.91 Å². The lowest BCUT2D eigenvalue weighted by molar-refractivity contribution is 0.0597. The summed E-state index contributed by atoms with van der Waals surface area (Å²) in [6.45, 7) is 6.26. The first-order valence-electron chi connectivity index (χ1n) is 16.7. The van der Waals surface area contributed by atoms with Gasteiger partial charge in [0, 0.05) is 69.7 Å². The monoisotopic (exact) mass is 708 g/mol. The highest BCUT2D eigenvalue weighted by Crippen LogP contribution is 2.31. The van der Waals surface area contributed by atoms with Crippen LogP contribution >= 0.6 is 35.0 Å². The molecule has 3 heterocycles. The second-order valence-corrected chi connectivity index (χ2v) is 14.0. The van der Waals surface area contributed by atoms with Gasteiger partial charge in [0.1, 0.15) is 11.0 Å². The molecule has 0 bridgehead atoms. The minimum atomic E-state index is 0.0692. The van der Waals surface area contributed by atoms with Crippen molar-refractivity contribution < 1.29 is 4.79 Å². The van der Waals surface area contributed by atoms with Gasteiger partial charge in [-0.3, -0.25) is 9.69 Å². The Bertz CT molecular complexity index is 1830. The van der Waals surface area contributed by atoms with Crippen LogP contribution in [0.15, 0.2) is 120 Å². The molecule has 2 fully saturated rings. The summed E-state index contributed by atoms with van der Waals surface area (Å²) in [7, 11) is 0. The molecule has 2 aliphatic heterocycles. The number of para-hydroxylation sites is 1. The molecule has 0 N–H and O–H groups in total. The van der Waals surface area contributed by atoms with Gasteiger partial charge in [-0.1, -0.05) is 120 Å². The van der Waals surface area contributed by atoms with Crippen LogP contribution in [0.2, 0.25) is 10.2 Å². The Morgan fingerprint density at radius 2 is 1.31 bits per heavy atom. The molecular formula is C39H38Cl2N6OS. The lowest BCUT2D eigenvalue weighted by Gasteiger charge is -2.39. The predicted molar refractivity (Wildman–Crippen MR) is 201 cm³/mol. The standard InChI is InChI=1S/C39H38Cl2N6OS/c40-33-16-7-8-17-34(33)44-18-20-45(21-19-44)36-27-35(41)42-39(43-36)49-28-29-10-9-15-32(26-29)38(48)47-24-22-46(23-25-47)37(30-11-3-1-4-12-30)31-13-5-2-6-14-31/h1-17,26-27,37H,18-25,28H2. The minimum absolute atomic E-state index is 0.0692. The first kappa shape index (κ1) is 33.4. The molecule has 0 saturated carbocycles. The Morgan fingerprint density at radius 3 is 1.98 bits per heavy atom. The van der Waals surface area contributed by atoms with Crippen molar-refractivity contribution in [3.05, 3.63) is 148 Å². The number of amides is 1. The van der Waals surface area contributed by atoms with E-state index in [1.165, 1.54) is 22.9 Å². The van der Waals surface area contributed by atoms with Gasteiger partial charge in [0.05, 0.1) is 16.8 Å². The summed E-state index contributed by atoms with van der Waals surface area (Å²) in [5, 5.41) is 1.81. The number of benzene rings is 4. The summed E-state index contributed by atoms with van der Waals surface area (Å²) < 4.78 is 0. The van der Waals surface area contributed by atoms with Crippen LogP contribution in [-0.4, -0.2) is 78.0 Å². The molecule has 49 heavy (non-hydrogen) atoms. The zero-order valence-electron chi connectivity index (χ0n) is 27.2. The van der Waals surface area contributed by atoms with E-state index in [0.29, 0.717) is 34.7 Å². The van der Waals surface area contributed by atoms with E-state index in [2.05, 4.69) is 86.4 Å². The number of hydrogen-bond acceptors (Lipinski definition) is 7. The normalized spacial score (nSPS) is 15.5. The van der Waals surface area contributed by atoms with E-state index in [0.717, 1.165) is 61.4 Å². The van der Waals surface area contributed by atoms with Gasteiger partial charge in [-0.2, -0.15) is 0 Å². The highest BCUT2D eigenvalue weighted by Gasteiger charge is 2.29. The fraction of sp³-hybridized carbons (Fsp3) is 0.256.